The highest BCUT2D eigenvalue weighted by molar-refractivity contribution is 7.99. The van der Waals surface area contributed by atoms with E-state index in [0.29, 0.717) is 25.9 Å². The monoisotopic (exact) mass is 487 g/mol. The van der Waals surface area contributed by atoms with E-state index in [0.717, 1.165) is 16.9 Å². The van der Waals surface area contributed by atoms with Gasteiger partial charge in [-0.1, -0.05) is 76.9 Å². The van der Waals surface area contributed by atoms with Gasteiger partial charge in [0.25, 0.3) is 0 Å². The Labute approximate surface area is 199 Å². The first kappa shape index (κ1) is 21.8. The summed E-state index contributed by atoms with van der Waals surface area (Å²) in [4.78, 5) is 17.0. The lowest BCUT2D eigenvalue weighted by Gasteiger charge is -2.12. The van der Waals surface area contributed by atoms with Gasteiger partial charge in [0.2, 0.25) is 5.91 Å². The molecule has 1 heterocycles. The van der Waals surface area contributed by atoms with Gasteiger partial charge in [0, 0.05) is 22.0 Å². The molecule has 4 aromatic rings. The summed E-state index contributed by atoms with van der Waals surface area (Å²) in [6.07, 6.45) is 1.77. The first-order valence-electron chi connectivity index (χ1n) is 9.28. The number of carbonyl (C=O) groups is 1. The van der Waals surface area contributed by atoms with Gasteiger partial charge in [0.15, 0.2) is 5.16 Å². The zero-order chi connectivity index (χ0) is 21.8. The van der Waals surface area contributed by atoms with Crippen LogP contribution in [0.3, 0.4) is 0 Å². The fourth-order valence-corrected chi connectivity index (χ4v) is 4.30. The van der Waals surface area contributed by atoms with Gasteiger partial charge in [-0.2, -0.15) is 0 Å². The Bertz CT molecular complexity index is 1230. The fraction of sp³-hybridized carbons (Fsp3) is 0.0435. The summed E-state index contributed by atoms with van der Waals surface area (Å²) >= 11 is 19.6. The second-order valence-corrected chi connectivity index (χ2v) is 8.77. The molecule has 8 heteroatoms. The first-order chi connectivity index (χ1) is 15.0. The van der Waals surface area contributed by atoms with Crippen molar-refractivity contribution in [3.63, 3.8) is 0 Å². The van der Waals surface area contributed by atoms with Crippen molar-refractivity contribution in [2.45, 2.75) is 5.16 Å². The highest BCUT2D eigenvalue weighted by Gasteiger charge is 2.16. The number of rotatable bonds is 6. The largest absolute Gasteiger partial charge is 0.325 e. The van der Waals surface area contributed by atoms with E-state index in [1.165, 1.54) is 11.8 Å². The fourth-order valence-electron chi connectivity index (χ4n) is 3.02. The van der Waals surface area contributed by atoms with Gasteiger partial charge in [-0.3, -0.25) is 9.36 Å². The number of thioether (sulfide) groups is 1. The second-order valence-electron chi connectivity index (χ2n) is 6.57. The van der Waals surface area contributed by atoms with Crippen LogP contribution < -0.4 is 5.32 Å². The number of halogens is 3. The molecule has 3 aromatic carbocycles. The third-order valence-corrected chi connectivity index (χ3v) is 6.33. The maximum absolute atomic E-state index is 12.5. The quantitative estimate of drug-likeness (QED) is 0.291. The topological polar surface area (TPSA) is 46.9 Å². The van der Waals surface area contributed by atoms with Crippen LogP contribution in [-0.4, -0.2) is 21.2 Å². The summed E-state index contributed by atoms with van der Waals surface area (Å²) < 4.78 is 2.00. The van der Waals surface area contributed by atoms with Crippen LogP contribution >= 0.6 is 46.6 Å². The Morgan fingerprint density at radius 1 is 0.935 bits per heavy atom. The summed E-state index contributed by atoms with van der Waals surface area (Å²) in [7, 11) is 0. The minimum Gasteiger partial charge on any atom is -0.325 e. The molecule has 1 N–H and O–H groups in total. The summed E-state index contributed by atoms with van der Waals surface area (Å²) in [5.74, 6) is 0.0444. The van der Waals surface area contributed by atoms with E-state index in [4.69, 9.17) is 34.8 Å². The molecule has 0 saturated carbocycles. The number of nitrogens with one attached hydrogen (secondary N) is 1. The first-order valence-corrected chi connectivity index (χ1v) is 11.4. The predicted molar refractivity (Wildman–Crippen MR) is 130 cm³/mol. The molecule has 0 atom stereocenters. The van der Waals surface area contributed by atoms with Crippen LogP contribution in [0.25, 0.3) is 16.9 Å². The molecule has 1 aromatic heterocycles. The van der Waals surface area contributed by atoms with Crippen LogP contribution in [0.15, 0.2) is 84.1 Å². The van der Waals surface area contributed by atoms with Gasteiger partial charge < -0.3 is 5.32 Å². The molecule has 31 heavy (non-hydrogen) atoms. The molecule has 0 aliphatic carbocycles. The Kier molecular flexibility index (Phi) is 6.88. The van der Waals surface area contributed by atoms with Crippen molar-refractivity contribution in [1.82, 2.24) is 9.55 Å². The number of aromatic nitrogens is 2. The average Bonchev–Trinajstić information content (AvgIpc) is 3.19. The molecule has 4 nitrogen and oxygen atoms in total. The molecular formula is C23H16Cl3N3OS. The van der Waals surface area contributed by atoms with Gasteiger partial charge >= 0.3 is 0 Å². The van der Waals surface area contributed by atoms with Crippen molar-refractivity contribution in [2.24, 2.45) is 0 Å². The van der Waals surface area contributed by atoms with E-state index in [2.05, 4.69) is 10.3 Å². The number of anilines is 1. The SMILES string of the molecule is O=C(CSc1ncc(-c2ccc(Cl)c(Cl)c2)n1-c1ccccc1)Nc1cccc(Cl)c1. The van der Waals surface area contributed by atoms with Gasteiger partial charge in [-0.25, -0.2) is 4.98 Å². The number of para-hydroxylation sites is 1. The lowest BCUT2D eigenvalue weighted by Crippen LogP contribution is -2.14. The number of hydrogen-bond donors (Lipinski definition) is 1. The number of hydrogen-bond acceptors (Lipinski definition) is 3. The van der Waals surface area contributed by atoms with Crippen LogP contribution in [0.4, 0.5) is 5.69 Å². The molecule has 0 unspecified atom stereocenters. The molecule has 0 radical (unpaired) electrons. The summed E-state index contributed by atoms with van der Waals surface area (Å²) in [5.41, 5.74) is 3.31. The molecule has 0 fully saturated rings. The van der Waals surface area contributed by atoms with Crippen molar-refractivity contribution in [1.29, 1.82) is 0 Å². The van der Waals surface area contributed by atoms with Crippen molar-refractivity contribution in [2.75, 3.05) is 11.1 Å². The highest BCUT2D eigenvalue weighted by Crippen LogP contribution is 2.33. The number of imidazole rings is 1. The highest BCUT2D eigenvalue weighted by atomic mass is 35.5. The zero-order valence-electron chi connectivity index (χ0n) is 16.1. The maximum Gasteiger partial charge on any atom is 0.234 e. The summed E-state index contributed by atoms with van der Waals surface area (Å²) in [6, 6.07) is 22.3. The number of amides is 1. The summed E-state index contributed by atoms with van der Waals surface area (Å²) in [6.45, 7) is 0. The van der Waals surface area contributed by atoms with E-state index < -0.39 is 0 Å². The predicted octanol–water partition coefficient (Wildman–Crippen LogP) is 7.23. The Morgan fingerprint density at radius 2 is 1.74 bits per heavy atom. The zero-order valence-corrected chi connectivity index (χ0v) is 19.1. The maximum atomic E-state index is 12.5. The standard InChI is InChI=1S/C23H16Cl3N3OS/c24-16-5-4-6-17(12-16)28-22(30)14-31-23-27-13-21(15-9-10-19(25)20(26)11-15)29(23)18-7-2-1-3-8-18/h1-13H,14H2,(H,28,30). The molecular weight excluding hydrogens is 473 g/mol. The Hall–Kier alpha value is -2.44. The lowest BCUT2D eigenvalue weighted by molar-refractivity contribution is -0.113. The van der Waals surface area contributed by atoms with Crippen molar-refractivity contribution in [3.8, 4) is 16.9 Å². The smallest absolute Gasteiger partial charge is 0.234 e. The van der Waals surface area contributed by atoms with Crippen molar-refractivity contribution >= 4 is 58.2 Å². The van der Waals surface area contributed by atoms with Gasteiger partial charge in [-0.15, -0.1) is 0 Å². The molecule has 0 spiro atoms. The van der Waals surface area contributed by atoms with Gasteiger partial charge in [0.05, 0.1) is 27.7 Å². The normalized spacial score (nSPS) is 10.8. The minimum absolute atomic E-state index is 0.147. The van der Waals surface area contributed by atoms with E-state index in [9.17, 15) is 4.79 Å². The molecule has 0 aliphatic rings. The number of carbonyl (C=O) groups excluding carboxylic acids is 1. The molecule has 1 amide bonds. The molecule has 0 saturated heterocycles. The van der Waals surface area contributed by atoms with E-state index in [-0.39, 0.29) is 11.7 Å². The second kappa shape index (κ2) is 9.79. The van der Waals surface area contributed by atoms with Crippen LogP contribution in [0.1, 0.15) is 0 Å². The van der Waals surface area contributed by atoms with Crippen LogP contribution in [0.5, 0.6) is 0 Å². The third kappa shape index (κ3) is 5.25. The Balaban J connectivity index is 1.61. The van der Waals surface area contributed by atoms with Crippen molar-refractivity contribution < 1.29 is 4.79 Å². The molecule has 156 valence electrons. The van der Waals surface area contributed by atoms with Gasteiger partial charge in [0.1, 0.15) is 0 Å². The van der Waals surface area contributed by atoms with Crippen LogP contribution in [0, 0.1) is 0 Å². The number of nitrogens with zero attached hydrogens (tertiary/aromatic N) is 2. The Morgan fingerprint density at radius 3 is 2.48 bits per heavy atom. The molecule has 0 bridgehead atoms. The minimum atomic E-state index is -0.147. The van der Waals surface area contributed by atoms with Crippen LogP contribution in [0.2, 0.25) is 15.1 Å². The molecule has 4 rings (SSSR count). The van der Waals surface area contributed by atoms with Crippen LogP contribution in [-0.2, 0) is 4.79 Å². The van der Waals surface area contributed by atoms with Gasteiger partial charge in [-0.05, 0) is 42.5 Å². The third-order valence-electron chi connectivity index (χ3n) is 4.40. The molecule has 0 aliphatic heterocycles. The number of benzene rings is 3. The van der Waals surface area contributed by atoms with E-state index >= 15 is 0 Å². The lowest BCUT2D eigenvalue weighted by atomic mass is 10.1. The van der Waals surface area contributed by atoms with Crippen molar-refractivity contribution in [3.05, 3.63) is 94.1 Å². The van der Waals surface area contributed by atoms with E-state index in [1.54, 1.807) is 42.6 Å². The summed E-state index contributed by atoms with van der Waals surface area (Å²) in [5, 5.41) is 5.06. The average molecular weight is 489 g/mol. The van der Waals surface area contributed by atoms with E-state index in [1.807, 2.05) is 41.0 Å².